The molecule has 0 aromatic carbocycles. The van der Waals surface area contributed by atoms with Crippen LogP contribution in [0.2, 0.25) is 0 Å². The molecule has 0 fully saturated rings. The van der Waals surface area contributed by atoms with Gasteiger partial charge >= 0.3 is 0 Å². The highest BCUT2D eigenvalue weighted by Gasteiger charge is 2.30. The zero-order valence-electron chi connectivity index (χ0n) is 17.6. The van der Waals surface area contributed by atoms with E-state index in [2.05, 4.69) is 16.0 Å². The number of amides is 2. The first kappa shape index (κ1) is 25.6. The van der Waals surface area contributed by atoms with Gasteiger partial charge in [-0.3, -0.25) is 15.0 Å². The molecule has 28 heavy (non-hydrogen) atoms. The molecule has 0 bridgehead atoms. The highest BCUT2D eigenvalue weighted by atomic mass is 16.7. The monoisotopic (exact) mass is 399 g/mol. The van der Waals surface area contributed by atoms with Gasteiger partial charge < -0.3 is 16.0 Å². The smallest absolute Gasteiger partial charge is 0.251 e. The van der Waals surface area contributed by atoms with E-state index in [0.29, 0.717) is 25.2 Å². The summed E-state index contributed by atoms with van der Waals surface area (Å²) in [7, 11) is 0. The molecule has 0 unspecified atom stereocenters. The molecule has 1 radical (unpaired) electrons. The minimum atomic E-state index is -0.827. The Bertz CT molecular complexity index is 536. The molecule has 0 saturated heterocycles. The summed E-state index contributed by atoms with van der Waals surface area (Å²) in [5.74, 6) is -0.501. The van der Waals surface area contributed by atoms with Gasteiger partial charge in [0.05, 0.1) is 0 Å². The van der Waals surface area contributed by atoms with Crippen LogP contribution in [0.4, 0.5) is 0 Å². The van der Waals surface area contributed by atoms with Crippen molar-refractivity contribution in [1.82, 2.24) is 21.4 Å². The van der Waals surface area contributed by atoms with E-state index in [9.17, 15) is 19.7 Å². The Morgan fingerprint density at radius 2 is 1.93 bits per heavy atom. The van der Waals surface area contributed by atoms with Gasteiger partial charge in [0, 0.05) is 18.5 Å². The summed E-state index contributed by atoms with van der Waals surface area (Å²) in [5.41, 5.74) is 1.12. The first-order valence-electron chi connectivity index (χ1n) is 9.66. The van der Waals surface area contributed by atoms with Crippen molar-refractivity contribution in [3.05, 3.63) is 16.7 Å². The van der Waals surface area contributed by atoms with Crippen LogP contribution in [0.3, 0.4) is 0 Å². The van der Waals surface area contributed by atoms with E-state index in [-0.39, 0.29) is 18.4 Å². The van der Waals surface area contributed by atoms with Crippen molar-refractivity contribution in [2.45, 2.75) is 72.8 Å². The third-order valence-electron chi connectivity index (χ3n) is 4.12. The summed E-state index contributed by atoms with van der Waals surface area (Å²) >= 11 is 0. The minimum Gasteiger partial charge on any atom is -0.352 e. The van der Waals surface area contributed by atoms with Gasteiger partial charge in [0.2, 0.25) is 11.8 Å². The molecular formula is C18H35N6O4. The maximum Gasteiger partial charge on any atom is 0.251 e. The number of carbonyl (C=O) groups excluding carboxylic acids is 2. The van der Waals surface area contributed by atoms with Gasteiger partial charge in [-0.1, -0.05) is 46.5 Å². The van der Waals surface area contributed by atoms with Crippen molar-refractivity contribution in [2.75, 3.05) is 6.54 Å². The molecule has 10 heteroatoms. The number of hydrogen-bond acceptors (Lipinski definition) is 5. The molecule has 0 rings (SSSR count). The van der Waals surface area contributed by atoms with Crippen LogP contribution < -0.4 is 21.4 Å². The number of nitrogens with zero attached hydrogens (tertiary/aromatic N) is 1. The lowest BCUT2D eigenvalue weighted by Gasteiger charge is -2.27. The fourth-order valence-electron chi connectivity index (χ4n) is 2.51. The molecule has 0 aromatic heterocycles. The quantitative estimate of drug-likeness (QED) is 0.105. The van der Waals surface area contributed by atoms with Gasteiger partial charge in [-0.15, -0.1) is 0 Å². The molecule has 0 aromatic rings. The average molecular weight is 400 g/mol. The summed E-state index contributed by atoms with van der Waals surface area (Å²) < 4.78 is 0. The molecule has 0 saturated carbocycles. The number of guanidine groups is 1. The van der Waals surface area contributed by atoms with E-state index in [0.717, 1.165) is 12.8 Å². The largest absolute Gasteiger partial charge is 0.352 e. The third-order valence-corrected chi connectivity index (χ3v) is 4.12. The molecule has 1 atom stereocenters. The van der Waals surface area contributed by atoms with E-state index in [1.807, 2.05) is 34.6 Å². The highest BCUT2D eigenvalue weighted by Crippen LogP contribution is 2.22. The topological polar surface area (TPSA) is 149 Å². The number of carbonyl (C=O) groups is 2. The zero-order chi connectivity index (χ0) is 21.7. The Hall–Kier alpha value is -2.39. The van der Waals surface area contributed by atoms with Crippen LogP contribution in [0.15, 0.2) is 0 Å². The summed E-state index contributed by atoms with van der Waals surface area (Å²) in [5, 5.41) is 24.9. The predicted octanol–water partition coefficient (Wildman–Crippen LogP) is 1.71. The van der Waals surface area contributed by atoms with Gasteiger partial charge in [0.1, 0.15) is 6.04 Å². The van der Waals surface area contributed by atoms with Crippen LogP contribution in [0.5, 0.6) is 0 Å². The minimum absolute atomic E-state index is 0.186. The van der Waals surface area contributed by atoms with Crippen LogP contribution in [-0.4, -0.2) is 35.4 Å². The van der Waals surface area contributed by atoms with Crippen LogP contribution >= 0.6 is 0 Å². The number of nitro groups is 1. The molecule has 0 aliphatic carbocycles. The maximum absolute atomic E-state index is 12.6. The van der Waals surface area contributed by atoms with Gasteiger partial charge in [0.25, 0.3) is 5.96 Å². The van der Waals surface area contributed by atoms with Crippen LogP contribution in [-0.2, 0) is 9.59 Å². The number of nitrogens with one attached hydrogen (secondary N) is 5. The van der Waals surface area contributed by atoms with Gasteiger partial charge in [-0.05, 0) is 31.6 Å². The molecule has 0 spiro atoms. The summed E-state index contributed by atoms with van der Waals surface area (Å²) in [6, 6.07) is -0.716. The van der Waals surface area contributed by atoms with E-state index >= 15 is 0 Å². The Balaban J connectivity index is 4.75. The molecule has 2 amide bonds. The fraction of sp³-hybridized carbons (Fsp3) is 0.778. The fourth-order valence-corrected chi connectivity index (χ4v) is 2.51. The van der Waals surface area contributed by atoms with Crippen molar-refractivity contribution in [3.8, 4) is 0 Å². The molecule has 10 nitrogen and oxygen atoms in total. The van der Waals surface area contributed by atoms with Gasteiger partial charge in [0.15, 0.2) is 5.03 Å². The second kappa shape index (κ2) is 12.9. The van der Waals surface area contributed by atoms with Gasteiger partial charge in [-0.25, -0.2) is 10.1 Å². The second-order valence-electron chi connectivity index (χ2n) is 7.82. The number of hydrogen-bond donors (Lipinski definition) is 5. The zero-order valence-corrected chi connectivity index (χ0v) is 17.6. The van der Waals surface area contributed by atoms with Crippen molar-refractivity contribution in [3.63, 3.8) is 0 Å². The van der Waals surface area contributed by atoms with E-state index in [1.165, 1.54) is 0 Å². The highest BCUT2D eigenvalue weighted by molar-refractivity contribution is 5.90. The molecular weight excluding hydrogens is 364 g/mol. The average Bonchev–Trinajstić information content (AvgIpc) is 2.56. The molecule has 0 aliphatic rings. The maximum atomic E-state index is 12.6. The first-order valence-corrected chi connectivity index (χ1v) is 9.66. The number of hydrazine groups is 1. The predicted molar refractivity (Wildman–Crippen MR) is 108 cm³/mol. The Kier molecular flexibility index (Phi) is 11.8. The second-order valence-corrected chi connectivity index (χ2v) is 7.82. The van der Waals surface area contributed by atoms with Crippen molar-refractivity contribution in [1.29, 1.82) is 5.41 Å². The van der Waals surface area contributed by atoms with E-state index in [4.69, 9.17) is 5.41 Å². The third kappa shape index (κ3) is 11.3. The van der Waals surface area contributed by atoms with E-state index < -0.39 is 22.4 Å². The summed E-state index contributed by atoms with van der Waals surface area (Å²) in [6.45, 7) is 11.7. The normalized spacial score (nSPS) is 12.2. The van der Waals surface area contributed by atoms with Crippen LogP contribution in [0.1, 0.15) is 66.7 Å². The van der Waals surface area contributed by atoms with Crippen molar-refractivity contribution >= 4 is 17.8 Å². The van der Waals surface area contributed by atoms with Crippen LogP contribution in [0, 0.1) is 33.4 Å². The van der Waals surface area contributed by atoms with Gasteiger partial charge in [-0.2, -0.15) is 0 Å². The number of rotatable bonds is 13. The van der Waals surface area contributed by atoms with Crippen molar-refractivity contribution < 1.29 is 14.6 Å². The molecule has 161 valence electrons. The summed E-state index contributed by atoms with van der Waals surface area (Å²) in [6.07, 6.45) is 3.07. The SMILES string of the molecule is CCCC(C)(C)C(=O)N[C@@H](CCCNC(=N)N[N+](=O)[O-])C(=O)N[CH]CC(C)C. The van der Waals surface area contributed by atoms with E-state index in [1.54, 1.807) is 12.0 Å². The van der Waals surface area contributed by atoms with Crippen molar-refractivity contribution in [2.24, 2.45) is 11.3 Å². The lowest BCUT2D eigenvalue weighted by molar-refractivity contribution is -0.525. The lowest BCUT2D eigenvalue weighted by Crippen LogP contribution is -2.50. The lowest BCUT2D eigenvalue weighted by atomic mass is 9.86. The Morgan fingerprint density at radius 3 is 2.46 bits per heavy atom. The molecule has 5 N–H and O–H groups in total. The molecule has 0 aliphatic heterocycles. The van der Waals surface area contributed by atoms with Crippen LogP contribution in [0.25, 0.3) is 0 Å². The first-order chi connectivity index (χ1) is 13.0. The standard InChI is InChI=1S/C18H35N6O4/c1-6-10-18(4,5)16(26)22-14(15(25)20-12-9-13(2)3)8-7-11-21-17(19)23-24(27)28/h12-14H,6-11H2,1-5H3,(H,20,25)(H,22,26)(H3,19,21,23)/t14-/m0/s1. The Labute approximate surface area is 167 Å². The molecule has 0 heterocycles. The Morgan fingerprint density at radius 1 is 1.29 bits per heavy atom. The summed E-state index contributed by atoms with van der Waals surface area (Å²) in [4.78, 5) is 35.3.